The van der Waals surface area contributed by atoms with Crippen molar-refractivity contribution >= 4 is 34.0 Å². The molecule has 138 valence electrons. The molecule has 0 radical (unpaired) electrons. The van der Waals surface area contributed by atoms with Crippen LogP contribution in [0.3, 0.4) is 0 Å². The highest BCUT2D eigenvalue weighted by atomic mass is 16.1. The van der Waals surface area contributed by atoms with Gasteiger partial charge in [-0.15, -0.1) is 0 Å². The molecule has 2 aromatic carbocycles. The molecule has 6 heteroatoms. The van der Waals surface area contributed by atoms with Crippen LogP contribution >= 0.6 is 0 Å². The van der Waals surface area contributed by atoms with Crippen molar-refractivity contribution in [1.82, 2.24) is 9.55 Å². The summed E-state index contributed by atoms with van der Waals surface area (Å²) in [6.45, 7) is 0. The molecule has 0 saturated carbocycles. The summed E-state index contributed by atoms with van der Waals surface area (Å²) in [4.78, 5) is 41.5. The molecule has 0 aliphatic heterocycles. The Balaban J connectivity index is 2.08. The maximum atomic E-state index is 13.2. The average Bonchev–Trinajstić information content (AvgIpc) is 2.73. The Kier molecular flexibility index (Phi) is 4.45. The number of aromatic nitrogens is 2. The Morgan fingerprint density at radius 1 is 1.07 bits per heavy atom. The molecule has 2 N–H and O–H groups in total. The fraction of sp³-hybridized carbons (Fsp3) is 0.0909. The van der Waals surface area contributed by atoms with Crippen LogP contribution in [-0.4, -0.2) is 21.7 Å². The van der Waals surface area contributed by atoms with Crippen molar-refractivity contribution in [2.45, 2.75) is 12.5 Å². The molecule has 0 unspecified atom stereocenters. The van der Waals surface area contributed by atoms with Crippen molar-refractivity contribution in [2.24, 2.45) is 5.73 Å². The van der Waals surface area contributed by atoms with E-state index < -0.39 is 11.9 Å². The number of benzene rings is 2. The van der Waals surface area contributed by atoms with Gasteiger partial charge in [0.15, 0.2) is 0 Å². The molecule has 0 spiro atoms. The van der Waals surface area contributed by atoms with E-state index >= 15 is 0 Å². The van der Waals surface area contributed by atoms with Gasteiger partial charge in [-0.3, -0.25) is 19.1 Å². The minimum atomic E-state index is -0.744. The second kappa shape index (κ2) is 7.08. The molecule has 4 aromatic rings. The number of hydrogen-bond acceptors (Lipinski definition) is 4. The number of primary amides is 1. The molecule has 6 nitrogen and oxygen atoms in total. The van der Waals surface area contributed by atoms with Crippen LogP contribution in [0.1, 0.15) is 22.0 Å². The minimum absolute atomic E-state index is 0.198. The van der Waals surface area contributed by atoms with Gasteiger partial charge >= 0.3 is 0 Å². The largest absolute Gasteiger partial charge is 0.366 e. The van der Waals surface area contributed by atoms with Crippen molar-refractivity contribution < 1.29 is 9.59 Å². The van der Waals surface area contributed by atoms with Crippen molar-refractivity contribution in [3.8, 4) is 0 Å². The predicted octanol–water partition coefficient (Wildman–Crippen LogP) is 2.63. The van der Waals surface area contributed by atoms with Crippen molar-refractivity contribution in [3.05, 3.63) is 88.3 Å². The lowest BCUT2D eigenvalue weighted by Crippen LogP contribution is -2.29. The van der Waals surface area contributed by atoms with E-state index in [1.165, 1.54) is 10.8 Å². The number of hydrogen-bond donors (Lipinski definition) is 1. The predicted molar refractivity (Wildman–Crippen MR) is 107 cm³/mol. The lowest BCUT2D eigenvalue weighted by Gasteiger charge is -2.19. The molecule has 28 heavy (non-hydrogen) atoms. The van der Waals surface area contributed by atoms with Gasteiger partial charge in [-0.25, -0.2) is 0 Å². The van der Waals surface area contributed by atoms with E-state index in [4.69, 9.17) is 5.73 Å². The summed E-state index contributed by atoms with van der Waals surface area (Å²) in [5, 5.41) is 1.06. The van der Waals surface area contributed by atoms with Gasteiger partial charge < -0.3 is 10.5 Å². The molecule has 2 aromatic heterocycles. The second-order valence-electron chi connectivity index (χ2n) is 6.53. The Morgan fingerprint density at radius 2 is 1.86 bits per heavy atom. The zero-order valence-corrected chi connectivity index (χ0v) is 14.9. The van der Waals surface area contributed by atoms with Crippen LogP contribution in [-0.2, 0) is 11.2 Å². The number of amides is 1. The molecule has 0 aliphatic carbocycles. The standard InChI is InChI=1S/C22H17N3O3/c23-21(27)17-8-4-10-18-19(17)16-9-5-11-24-20(16)22(28)25(18)15(13-26)12-14-6-2-1-3-7-14/h1-11,13,15H,12H2,(H2,23,27)/t15-/m0/s1. The molecule has 1 amide bonds. The summed E-state index contributed by atoms with van der Waals surface area (Å²) in [6.07, 6.45) is 2.61. The van der Waals surface area contributed by atoms with Gasteiger partial charge in [0.1, 0.15) is 11.8 Å². The SMILES string of the molecule is NC(=O)c1cccc2c1c1cccnc1c(=O)n2[C@H](C=O)Cc1ccccc1. The first-order chi connectivity index (χ1) is 13.6. The number of carbonyl (C=O) groups excluding carboxylic acids is 2. The van der Waals surface area contributed by atoms with E-state index in [0.29, 0.717) is 22.7 Å². The van der Waals surface area contributed by atoms with Gasteiger partial charge in [-0.05, 0) is 23.8 Å². The summed E-state index contributed by atoms with van der Waals surface area (Å²) >= 11 is 0. The molecule has 0 bridgehead atoms. The molecule has 2 heterocycles. The first kappa shape index (κ1) is 17.6. The lowest BCUT2D eigenvalue weighted by atomic mass is 10.0. The smallest absolute Gasteiger partial charge is 0.278 e. The number of aldehydes is 1. The summed E-state index contributed by atoms with van der Waals surface area (Å²) in [6, 6.07) is 17.1. The zero-order chi connectivity index (χ0) is 19.7. The number of nitrogens with zero attached hydrogens (tertiary/aromatic N) is 2. The van der Waals surface area contributed by atoms with E-state index in [2.05, 4.69) is 4.98 Å². The average molecular weight is 371 g/mol. The van der Waals surface area contributed by atoms with Gasteiger partial charge in [-0.2, -0.15) is 0 Å². The Labute approximate surface area is 160 Å². The summed E-state index contributed by atoms with van der Waals surface area (Å²) in [5.74, 6) is -0.605. The van der Waals surface area contributed by atoms with E-state index in [1.54, 1.807) is 30.3 Å². The zero-order valence-electron chi connectivity index (χ0n) is 14.9. The second-order valence-corrected chi connectivity index (χ2v) is 6.53. The fourth-order valence-electron chi connectivity index (χ4n) is 3.62. The normalized spacial score (nSPS) is 12.1. The molecular weight excluding hydrogens is 354 g/mol. The summed E-state index contributed by atoms with van der Waals surface area (Å²) in [7, 11) is 0. The topological polar surface area (TPSA) is 95.1 Å². The molecule has 0 aliphatic rings. The quantitative estimate of drug-likeness (QED) is 0.431. The number of rotatable bonds is 5. The number of nitrogens with two attached hydrogens (primary N) is 1. The van der Waals surface area contributed by atoms with Crippen LogP contribution in [0.25, 0.3) is 21.8 Å². The minimum Gasteiger partial charge on any atom is -0.366 e. The number of fused-ring (bicyclic) bond motifs is 3. The Morgan fingerprint density at radius 3 is 2.57 bits per heavy atom. The van der Waals surface area contributed by atoms with Crippen LogP contribution < -0.4 is 11.3 Å². The monoisotopic (exact) mass is 371 g/mol. The van der Waals surface area contributed by atoms with Gasteiger partial charge in [0, 0.05) is 29.0 Å². The molecule has 1 atom stereocenters. The number of pyridine rings is 2. The van der Waals surface area contributed by atoms with Crippen LogP contribution in [0.2, 0.25) is 0 Å². The van der Waals surface area contributed by atoms with Crippen LogP contribution in [0, 0.1) is 0 Å². The molecule has 4 rings (SSSR count). The third kappa shape index (κ3) is 2.85. The summed E-state index contributed by atoms with van der Waals surface area (Å²) in [5.41, 5.74) is 7.09. The van der Waals surface area contributed by atoms with Gasteiger partial charge in [-0.1, -0.05) is 42.5 Å². The fourth-order valence-corrected chi connectivity index (χ4v) is 3.62. The van der Waals surface area contributed by atoms with Crippen LogP contribution in [0.5, 0.6) is 0 Å². The van der Waals surface area contributed by atoms with E-state index in [9.17, 15) is 14.4 Å². The van der Waals surface area contributed by atoms with E-state index in [-0.39, 0.29) is 16.6 Å². The molecular formula is C22H17N3O3. The maximum Gasteiger partial charge on any atom is 0.278 e. The van der Waals surface area contributed by atoms with Crippen LogP contribution in [0.4, 0.5) is 0 Å². The van der Waals surface area contributed by atoms with Gasteiger partial charge in [0.2, 0.25) is 5.91 Å². The first-order valence-corrected chi connectivity index (χ1v) is 8.83. The van der Waals surface area contributed by atoms with Crippen molar-refractivity contribution in [2.75, 3.05) is 0 Å². The highest BCUT2D eigenvalue weighted by Crippen LogP contribution is 2.27. The lowest BCUT2D eigenvalue weighted by molar-refractivity contribution is -0.110. The van der Waals surface area contributed by atoms with E-state index in [1.807, 2.05) is 30.3 Å². The Bertz CT molecular complexity index is 1260. The van der Waals surface area contributed by atoms with Crippen molar-refractivity contribution in [1.29, 1.82) is 0 Å². The third-order valence-corrected chi connectivity index (χ3v) is 4.84. The maximum absolute atomic E-state index is 13.2. The van der Waals surface area contributed by atoms with Gasteiger partial charge in [0.25, 0.3) is 5.56 Å². The Hall–Kier alpha value is -3.80. The van der Waals surface area contributed by atoms with Crippen LogP contribution in [0.15, 0.2) is 71.7 Å². The highest BCUT2D eigenvalue weighted by molar-refractivity contribution is 6.15. The third-order valence-electron chi connectivity index (χ3n) is 4.84. The van der Waals surface area contributed by atoms with Gasteiger partial charge in [0.05, 0.1) is 11.6 Å². The molecule has 0 saturated heterocycles. The van der Waals surface area contributed by atoms with Crippen molar-refractivity contribution in [3.63, 3.8) is 0 Å². The number of carbonyl (C=O) groups is 2. The summed E-state index contributed by atoms with van der Waals surface area (Å²) < 4.78 is 1.41. The molecule has 0 fully saturated rings. The first-order valence-electron chi connectivity index (χ1n) is 8.83. The van der Waals surface area contributed by atoms with E-state index in [0.717, 1.165) is 11.8 Å². The highest BCUT2D eigenvalue weighted by Gasteiger charge is 2.21.